The summed E-state index contributed by atoms with van der Waals surface area (Å²) in [7, 11) is 0. The summed E-state index contributed by atoms with van der Waals surface area (Å²) >= 11 is 3.08. The predicted octanol–water partition coefficient (Wildman–Crippen LogP) is 4.08. The van der Waals surface area contributed by atoms with Gasteiger partial charge in [0, 0.05) is 4.47 Å². The Labute approximate surface area is 173 Å². The van der Waals surface area contributed by atoms with Crippen LogP contribution < -0.4 is 5.32 Å². The van der Waals surface area contributed by atoms with E-state index >= 15 is 0 Å². The van der Waals surface area contributed by atoms with Crippen LogP contribution in [0.15, 0.2) is 22.7 Å². The molecular weight excluding hydrogens is 463 g/mol. The Bertz CT molecular complexity index is 776. The first kappa shape index (κ1) is 24.7. The van der Waals surface area contributed by atoms with Crippen molar-refractivity contribution in [2.75, 3.05) is 0 Å². The van der Waals surface area contributed by atoms with Gasteiger partial charge in [0.25, 0.3) is 0 Å². The molecule has 0 saturated carbocycles. The third-order valence-corrected chi connectivity index (χ3v) is 4.47. The second-order valence-corrected chi connectivity index (χ2v) is 8.17. The topological polar surface area (TPSA) is 113 Å². The van der Waals surface area contributed by atoms with Crippen LogP contribution in [0.25, 0.3) is 0 Å². The van der Waals surface area contributed by atoms with E-state index in [0.29, 0.717) is 0 Å². The van der Waals surface area contributed by atoms with Crippen molar-refractivity contribution in [2.24, 2.45) is 5.92 Å². The van der Waals surface area contributed by atoms with Crippen molar-refractivity contribution in [3.63, 3.8) is 0 Å². The van der Waals surface area contributed by atoms with Crippen LogP contribution in [-0.2, 0) is 26.9 Å². The molecule has 11 heteroatoms. The highest BCUT2D eigenvalue weighted by atomic mass is 79.9. The van der Waals surface area contributed by atoms with Crippen molar-refractivity contribution in [2.45, 2.75) is 51.4 Å². The van der Waals surface area contributed by atoms with Gasteiger partial charge in [0.15, 0.2) is 0 Å². The number of amides is 1. The molecule has 0 heterocycles. The van der Waals surface area contributed by atoms with Crippen molar-refractivity contribution in [3.8, 4) is 0 Å². The molecule has 29 heavy (non-hydrogen) atoms. The number of carboxylic acids is 2. The molecule has 1 aromatic rings. The highest BCUT2D eigenvalue weighted by Gasteiger charge is 2.33. The van der Waals surface area contributed by atoms with Crippen LogP contribution in [0, 0.1) is 5.92 Å². The third kappa shape index (κ3) is 8.30. The number of alkyl carbamates (subject to hydrolysis) is 1. The molecule has 162 valence electrons. The number of alkyl halides is 3. The number of halogens is 4. The first-order chi connectivity index (χ1) is 13.1. The van der Waals surface area contributed by atoms with Gasteiger partial charge in [-0.1, -0.05) is 15.9 Å². The second kappa shape index (κ2) is 9.47. The number of hydrogen-bond donors (Lipinski definition) is 3. The molecule has 0 fully saturated rings. The molecule has 0 saturated heterocycles. The SMILES string of the molecule is CC(C)(C)OC(=O)NC(CC(Cc1cc(C(F)(F)F)ccc1Br)C(=O)O)C(=O)O. The van der Waals surface area contributed by atoms with Gasteiger partial charge in [-0.05, 0) is 57.4 Å². The number of hydrogen-bond acceptors (Lipinski definition) is 4. The van der Waals surface area contributed by atoms with Crippen molar-refractivity contribution in [3.05, 3.63) is 33.8 Å². The second-order valence-electron chi connectivity index (χ2n) is 7.32. The lowest BCUT2D eigenvalue weighted by Crippen LogP contribution is -2.45. The number of rotatable bonds is 7. The Balaban J connectivity index is 3.03. The predicted molar refractivity (Wildman–Crippen MR) is 99.4 cm³/mol. The van der Waals surface area contributed by atoms with Crippen molar-refractivity contribution in [1.82, 2.24) is 5.32 Å². The standard InChI is InChI=1S/C18H21BrF3NO6/c1-17(2,3)29-16(28)23-13(15(26)27)8-10(14(24)25)6-9-7-11(18(20,21)22)4-5-12(9)19/h4-5,7,10,13H,6,8H2,1-3H3,(H,23,28)(H,24,25)(H,26,27). The molecule has 2 atom stereocenters. The minimum atomic E-state index is -4.62. The van der Waals surface area contributed by atoms with Crippen molar-refractivity contribution in [1.29, 1.82) is 0 Å². The van der Waals surface area contributed by atoms with E-state index in [4.69, 9.17) is 4.74 Å². The van der Waals surface area contributed by atoms with Crippen LogP contribution in [0.4, 0.5) is 18.0 Å². The maximum atomic E-state index is 12.9. The zero-order chi connectivity index (χ0) is 22.6. The van der Waals surface area contributed by atoms with Crippen LogP contribution in [0.1, 0.15) is 38.3 Å². The summed E-state index contributed by atoms with van der Waals surface area (Å²) in [6.45, 7) is 4.69. The van der Waals surface area contributed by atoms with Gasteiger partial charge in [-0.3, -0.25) is 4.79 Å². The van der Waals surface area contributed by atoms with Gasteiger partial charge in [0.1, 0.15) is 11.6 Å². The van der Waals surface area contributed by atoms with Gasteiger partial charge >= 0.3 is 24.2 Å². The van der Waals surface area contributed by atoms with Crippen molar-refractivity contribution >= 4 is 34.0 Å². The van der Waals surface area contributed by atoms with E-state index in [9.17, 15) is 37.8 Å². The summed E-state index contributed by atoms with van der Waals surface area (Å²) in [6.07, 6.45) is -6.59. The monoisotopic (exact) mass is 483 g/mol. The largest absolute Gasteiger partial charge is 0.481 e. The highest BCUT2D eigenvalue weighted by Crippen LogP contribution is 2.33. The molecule has 0 aliphatic carbocycles. The van der Waals surface area contributed by atoms with Crippen LogP contribution in [-0.4, -0.2) is 39.9 Å². The van der Waals surface area contributed by atoms with E-state index in [1.165, 1.54) is 0 Å². The van der Waals surface area contributed by atoms with E-state index in [1.807, 2.05) is 0 Å². The van der Waals surface area contributed by atoms with E-state index in [1.54, 1.807) is 20.8 Å². The van der Waals surface area contributed by atoms with Crippen LogP contribution in [0.5, 0.6) is 0 Å². The summed E-state index contributed by atoms with van der Waals surface area (Å²) in [5.41, 5.74) is -1.81. The molecule has 0 aliphatic heterocycles. The Hall–Kier alpha value is -2.30. The molecule has 0 aliphatic rings. The molecule has 1 aromatic carbocycles. The quantitative estimate of drug-likeness (QED) is 0.538. The average Bonchev–Trinajstić information content (AvgIpc) is 2.51. The Morgan fingerprint density at radius 2 is 1.72 bits per heavy atom. The number of nitrogens with one attached hydrogen (secondary N) is 1. The molecule has 0 spiro atoms. The van der Waals surface area contributed by atoms with E-state index in [2.05, 4.69) is 21.2 Å². The molecule has 1 rings (SSSR count). The first-order valence-electron chi connectivity index (χ1n) is 8.41. The minimum absolute atomic E-state index is 0.0497. The number of ether oxygens (including phenoxy) is 1. The zero-order valence-electron chi connectivity index (χ0n) is 15.8. The van der Waals surface area contributed by atoms with Gasteiger partial charge in [-0.25, -0.2) is 9.59 Å². The fourth-order valence-corrected chi connectivity index (χ4v) is 2.81. The maximum absolute atomic E-state index is 12.9. The highest BCUT2D eigenvalue weighted by molar-refractivity contribution is 9.10. The minimum Gasteiger partial charge on any atom is -0.481 e. The summed E-state index contributed by atoms with van der Waals surface area (Å²) < 4.78 is 44.0. The van der Waals surface area contributed by atoms with Crippen LogP contribution in [0.2, 0.25) is 0 Å². The van der Waals surface area contributed by atoms with Gasteiger partial charge in [0.05, 0.1) is 11.5 Å². The maximum Gasteiger partial charge on any atom is 0.416 e. The molecule has 2 unspecified atom stereocenters. The Morgan fingerprint density at radius 3 is 2.17 bits per heavy atom. The fraction of sp³-hybridized carbons (Fsp3) is 0.500. The lowest BCUT2D eigenvalue weighted by molar-refractivity contribution is -0.144. The number of carbonyl (C=O) groups excluding carboxylic acids is 1. The van der Waals surface area contributed by atoms with Crippen LogP contribution >= 0.6 is 15.9 Å². The third-order valence-electron chi connectivity index (χ3n) is 3.70. The molecule has 0 radical (unpaired) electrons. The van der Waals surface area contributed by atoms with E-state index < -0.39 is 53.8 Å². The van der Waals surface area contributed by atoms with Gasteiger partial charge in [-0.15, -0.1) is 0 Å². The first-order valence-corrected chi connectivity index (χ1v) is 9.20. The normalized spacial score (nSPS) is 14.0. The average molecular weight is 484 g/mol. The van der Waals surface area contributed by atoms with Gasteiger partial charge in [0.2, 0.25) is 0 Å². The lowest BCUT2D eigenvalue weighted by Gasteiger charge is -2.23. The number of aliphatic carboxylic acids is 2. The molecule has 7 nitrogen and oxygen atoms in total. The number of carbonyl (C=O) groups is 3. The summed E-state index contributed by atoms with van der Waals surface area (Å²) in [5, 5.41) is 20.8. The molecular formula is C18H21BrF3NO6. The number of carboxylic acid groups (broad SMARTS) is 2. The summed E-state index contributed by atoms with van der Waals surface area (Å²) in [6, 6.07) is 1.19. The van der Waals surface area contributed by atoms with E-state index in [0.717, 1.165) is 18.2 Å². The molecule has 0 bridgehead atoms. The Morgan fingerprint density at radius 1 is 1.14 bits per heavy atom. The zero-order valence-corrected chi connectivity index (χ0v) is 17.4. The summed E-state index contributed by atoms with van der Waals surface area (Å²) in [5.74, 6) is -4.28. The molecule has 1 amide bonds. The smallest absolute Gasteiger partial charge is 0.416 e. The molecule has 3 N–H and O–H groups in total. The fourth-order valence-electron chi connectivity index (χ4n) is 2.40. The molecule has 0 aromatic heterocycles. The lowest BCUT2D eigenvalue weighted by atomic mass is 9.92. The number of benzene rings is 1. The van der Waals surface area contributed by atoms with E-state index in [-0.39, 0.29) is 16.5 Å². The van der Waals surface area contributed by atoms with Gasteiger partial charge < -0.3 is 20.3 Å². The Kier molecular flexibility index (Phi) is 8.07. The van der Waals surface area contributed by atoms with Crippen molar-refractivity contribution < 1.29 is 42.5 Å². The summed E-state index contributed by atoms with van der Waals surface area (Å²) in [4.78, 5) is 34.9. The van der Waals surface area contributed by atoms with Gasteiger partial charge in [-0.2, -0.15) is 13.2 Å². The van der Waals surface area contributed by atoms with Crippen LogP contribution in [0.3, 0.4) is 0 Å².